The predicted octanol–water partition coefficient (Wildman–Crippen LogP) is 4.42. The first-order chi connectivity index (χ1) is 7.33. The lowest BCUT2D eigenvalue weighted by Gasteiger charge is -2.04. The second-order valence-corrected chi connectivity index (χ2v) is 4.66. The van der Waals surface area contributed by atoms with E-state index in [0.717, 1.165) is 23.4 Å². The zero-order chi connectivity index (χ0) is 10.9. The molecule has 0 aliphatic carbocycles. The first kappa shape index (κ1) is 13.0. The molecule has 0 fully saturated rings. The molecule has 1 rings (SSSR count). The molecule has 15 heavy (non-hydrogen) atoms. The lowest BCUT2D eigenvalue weighted by Crippen LogP contribution is -1.95. The smallest absolute Gasteiger partial charge is 0.0716 e. The van der Waals surface area contributed by atoms with Crippen LogP contribution in [-0.2, 0) is 11.3 Å². The third-order valence-corrected chi connectivity index (χ3v) is 2.92. The molecular weight excluding hydrogens is 275 g/mol. The van der Waals surface area contributed by atoms with Crippen LogP contribution in [0.2, 0.25) is 5.02 Å². The second kappa shape index (κ2) is 8.14. The fourth-order valence-corrected chi connectivity index (χ4v) is 1.77. The van der Waals surface area contributed by atoms with E-state index in [9.17, 15) is 0 Å². The number of unbranched alkanes of at least 4 members (excludes halogenated alkanes) is 2. The first-order valence-corrected chi connectivity index (χ1v) is 6.71. The Hall–Kier alpha value is -0.0500. The Morgan fingerprint density at radius 1 is 1.07 bits per heavy atom. The molecule has 0 unspecified atom stereocenters. The summed E-state index contributed by atoms with van der Waals surface area (Å²) in [5.41, 5.74) is 1.18. The van der Waals surface area contributed by atoms with Crippen molar-refractivity contribution in [1.29, 1.82) is 0 Å². The minimum absolute atomic E-state index is 0.686. The van der Waals surface area contributed by atoms with Crippen molar-refractivity contribution in [2.45, 2.75) is 25.9 Å². The Morgan fingerprint density at radius 3 is 2.47 bits per heavy atom. The summed E-state index contributed by atoms with van der Waals surface area (Å²) >= 11 is 9.19. The number of halogens is 2. The van der Waals surface area contributed by atoms with Crippen molar-refractivity contribution in [1.82, 2.24) is 0 Å². The highest BCUT2D eigenvalue weighted by Gasteiger charge is 1.93. The molecule has 0 aliphatic rings. The van der Waals surface area contributed by atoms with Crippen molar-refractivity contribution in [2.24, 2.45) is 0 Å². The number of ether oxygens (including phenoxy) is 1. The molecule has 0 bridgehead atoms. The van der Waals surface area contributed by atoms with Crippen molar-refractivity contribution in [3.63, 3.8) is 0 Å². The average molecular weight is 292 g/mol. The topological polar surface area (TPSA) is 9.23 Å². The summed E-state index contributed by atoms with van der Waals surface area (Å²) in [5, 5.41) is 1.86. The van der Waals surface area contributed by atoms with E-state index < -0.39 is 0 Å². The van der Waals surface area contributed by atoms with E-state index >= 15 is 0 Å². The van der Waals surface area contributed by atoms with Gasteiger partial charge in [-0.25, -0.2) is 0 Å². The van der Waals surface area contributed by atoms with Gasteiger partial charge in [-0.15, -0.1) is 0 Å². The molecule has 0 spiro atoms. The van der Waals surface area contributed by atoms with E-state index in [2.05, 4.69) is 15.9 Å². The van der Waals surface area contributed by atoms with Gasteiger partial charge in [0.2, 0.25) is 0 Å². The van der Waals surface area contributed by atoms with Crippen LogP contribution in [0.5, 0.6) is 0 Å². The fraction of sp³-hybridized carbons (Fsp3) is 0.500. The summed E-state index contributed by atoms with van der Waals surface area (Å²) in [6.45, 7) is 1.53. The molecule has 1 aromatic carbocycles. The van der Waals surface area contributed by atoms with E-state index in [1.807, 2.05) is 24.3 Å². The summed E-state index contributed by atoms with van der Waals surface area (Å²) in [6.07, 6.45) is 3.59. The maximum atomic E-state index is 5.78. The molecule has 0 radical (unpaired) electrons. The number of hydrogen-bond acceptors (Lipinski definition) is 1. The standard InChI is InChI=1S/C12H16BrClO/c13-8-2-1-3-9-15-10-11-4-6-12(14)7-5-11/h4-7H,1-3,8-10H2. The van der Waals surface area contributed by atoms with E-state index in [0.29, 0.717) is 6.61 Å². The molecule has 0 heterocycles. The van der Waals surface area contributed by atoms with Gasteiger partial charge < -0.3 is 4.74 Å². The molecule has 0 N–H and O–H groups in total. The third-order valence-electron chi connectivity index (χ3n) is 2.10. The zero-order valence-electron chi connectivity index (χ0n) is 8.72. The Bertz CT molecular complexity index is 261. The number of rotatable bonds is 7. The van der Waals surface area contributed by atoms with Crippen molar-refractivity contribution in [2.75, 3.05) is 11.9 Å². The summed E-state index contributed by atoms with van der Waals surface area (Å²) in [4.78, 5) is 0. The van der Waals surface area contributed by atoms with Crippen LogP contribution >= 0.6 is 27.5 Å². The van der Waals surface area contributed by atoms with Crippen LogP contribution in [0.1, 0.15) is 24.8 Å². The van der Waals surface area contributed by atoms with Gasteiger partial charge in [-0.2, -0.15) is 0 Å². The van der Waals surface area contributed by atoms with E-state index in [4.69, 9.17) is 16.3 Å². The SMILES string of the molecule is Clc1ccc(COCCCCCBr)cc1. The lowest BCUT2D eigenvalue weighted by molar-refractivity contribution is 0.117. The monoisotopic (exact) mass is 290 g/mol. The van der Waals surface area contributed by atoms with Crippen molar-refractivity contribution in [3.05, 3.63) is 34.9 Å². The largest absolute Gasteiger partial charge is 0.377 e. The minimum atomic E-state index is 0.686. The molecule has 1 nitrogen and oxygen atoms in total. The Labute approximate surface area is 105 Å². The minimum Gasteiger partial charge on any atom is -0.377 e. The number of hydrogen-bond donors (Lipinski definition) is 0. The van der Waals surface area contributed by atoms with Crippen LogP contribution in [0.3, 0.4) is 0 Å². The Morgan fingerprint density at radius 2 is 1.80 bits per heavy atom. The average Bonchev–Trinajstić information content (AvgIpc) is 2.26. The van der Waals surface area contributed by atoms with Gasteiger partial charge in [0.1, 0.15) is 0 Å². The molecule has 3 heteroatoms. The lowest BCUT2D eigenvalue weighted by atomic mass is 10.2. The predicted molar refractivity (Wildman–Crippen MR) is 68.8 cm³/mol. The van der Waals surface area contributed by atoms with Crippen LogP contribution < -0.4 is 0 Å². The summed E-state index contributed by atoms with van der Waals surface area (Å²) in [5.74, 6) is 0. The third kappa shape index (κ3) is 6.18. The van der Waals surface area contributed by atoms with Crippen LogP contribution in [0.4, 0.5) is 0 Å². The van der Waals surface area contributed by atoms with E-state index in [-0.39, 0.29) is 0 Å². The highest BCUT2D eigenvalue weighted by molar-refractivity contribution is 9.09. The normalized spacial score (nSPS) is 10.5. The van der Waals surface area contributed by atoms with Crippen LogP contribution in [0.25, 0.3) is 0 Å². The maximum Gasteiger partial charge on any atom is 0.0716 e. The molecule has 0 saturated carbocycles. The molecule has 1 aromatic rings. The van der Waals surface area contributed by atoms with Gasteiger partial charge in [-0.3, -0.25) is 0 Å². The van der Waals surface area contributed by atoms with Gasteiger partial charge in [-0.1, -0.05) is 46.1 Å². The van der Waals surface area contributed by atoms with Gasteiger partial charge in [-0.05, 0) is 30.5 Å². The van der Waals surface area contributed by atoms with Gasteiger partial charge in [0.25, 0.3) is 0 Å². The Kier molecular flexibility index (Phi) is 7.07. The molecular formula is C12H16BrClO. The van der Waals surface area contributed by atoms with Gasteiger partial charge in [0.05, 0.1) is 6.61 Å². The molecule has 0 aromatic heterocycles. The van der Waals surface area contributed by atoms with Gasteiger partial charge in [0, 0.05) is 17.0 Å². The highest BCUT2D eigenvalue weighted by Crippen LogP contribution is 2.10. The van der Waals surface area contributed by atoms with Crippen LogP contribution in [0, 0.1) is 0 Å². The number of alkyl halides is 1. The zero-order valence-corrected chi connectivity index (χ0v) is 11.1. The molecule has 0 saturated heterocycles. The first-order valence-electron chi connectivity index (χ1n) is 5.21. The van der Waals surface area contributed by atoms with Crippen molar-refractivity contribution >= 4 is 27.5 Å². The Balaban J connectivity index is 2.07. The maximum absolute atomic E-state index is 5.78. The quantitative estimate of drug-likeness (QED) is 0.534. The van der Waals surface area contributed by atoms with Crippen molar-refractivity contribution in [3.8, 4) is 0 Å². The van der Waals surface area contributed by atoms with E-state index in [1.165, 1.54) is 18.4 Å². The molecule has 84 valence electrons. The van der Waals surface area contributed by atoms with Crippen LogP contribution in [-0.4, -0.2) is 11.9 Å². The van der Waals surface area contributed by atoms with Crippen molar-refractivity contribution < 1.29 is 4.74 Å². The molecule has 0 aliphatic heterocycles. The summed E-state index contributed by atoms with van der Waals surface area (Å²) in [6, 6.07) is 7.79. The summed E-state index contributed by atoms with van der Waals surface area (Å²) in [7, 11) is 0. The van der Waals surface area contributed by atoms with E-state index in [1.54, 1.807) is 0 Å². The molecule has 0 amide bonds. The molecule has 0 atom stereocenters. The second-order valence-electron chi connectivity index (χ2n) is 3.43. The fourth-order valence-electron chi connectivity index (χ4n) is 1.25. The highest BCUT2D eigenvalue weighted by atomic mass is 79.9. The van der Waals surface area contributed by atoms with Gasteiger partial charge >= 0.3 is 0 Å². The van der Waals surface area contributed by atoms with Gasteiger partial charge in [0.15, 0.2) is 0 Å². The number of benzene rings is 1. The van der Waals surface area contributed by atoms with Crippen LogP contribution in [0.15, 0.2) is 24.3 Å². The summed E-state index contributed by atoms with van der Waals surface area (Å²) < 4.78 is 5.55.